The molecule has 0 bridgehead atoms. The minimum atomic E-state index is -5.85. The highest BCUT2D eigenvalue weighted by atomic mass is 32.1. The second-order valence-electron chi connectivity index (χ2n) is 21.9. The number of fused-ring (bicyclic) bond motifs is 1. The lowest BCUT2D eigenvalue weighted by atomic mass is 9.71. The number of anilines is 3. The first-order valence-corrected chi connectivity index (χ1v) is 28.6. The number of thiophene rings is 1. The molecule has 5 aliphatic heterocycles. The van der Waals surface area contributed by atoms with Gasteiger partial charge in [0.25, 0.3) is 5.91 Å². The number of benzene rings is 3. The summed E-state index contributed by atoms with van der Waals surface area (Å²) >= 11 is 0.958. The number of rotatable bonds is 14. The predicted octanol–water partition coefficient (Wildman–Crippen LogP) is 6.03. The van der Waals surface area contributed by atoms with Crippen molar-refractivity contribution in [3.8, 4) is 0 Å². The molecular formula is C54H67F2N8O11PS. The highest BCUT2D eigenvalue weighted by molar-refractivity contribution is 7.52. The van der Waals surface area contributed by atoms with Gasteiger partial charge in [0, 0.05) is 68.7 Å². The molecular weight excluding hydrogens is 1040 g/mol. The number of nitrogens with zero attached hydrogens (tertiary/aromatic N) is 4. The molecule has 5 fully saturated rings. The summed E-state index contributed by atoms with van der Waals surface area (Å²) in [5.41, 5.74) is -2.64. The number of hydrogen-bond donors (Lipinski definition) is 6. The van der Waals surface area contributed by atoms with Crippen LogP contribution in [0.3, 0.4) is 0 Å². The van der Waals surface area contributed by atoms with Crippen LogP contribution in [0, 0.1) is 10.8 Å². The first kappa shape index (κ1) is 55.7. The van der Waals surface area contributed by atoms with E-state index in [1.165, 1.54) is 17.0 Å². The SMILES string of the molecule is CNc1cc(N2CCC3(CCN(C(=O)CO[C@@H]4CCN(C(=O)[C@@H](NC(=O)c5cc6cc(C(F)(F)P(=O)(O)O)ccc6s5)C(C)(C)C)[C@@H]4C(=O)N4CCO[C@H](c5ccccc5)C4)CC3)CC2)ccc1NC1CCC(=O)NC1=O. The first-order chi connectivity index (χ1) is 36.5. The molecule has 19 nitrogen and oxygen atoms in total. The molecule has 23 heteroatoms. The topological polar surface area (TPSA) is 239 Å². The summed E-state index contributed by atoms with van der Waals surface area (Å²) in [4.78, 5) is 108. The van der Waals surface area contributed by atoms with E-state index in [-0.39, 0.29) is 85.0 Å². The van der Waals surface area contributed by atoms with E-state index in [1.54, 1.807) is 25.7 Å². The summed E-state index contributed by atoms with van der Waals surface area (Å²) in [6.45, 7) is 8.55. The number of piperidine rings is 3. The van der Waals surface area contributed by atoms with Gasteiger partial charge in [0.05, 0.1) is 35.5 Å². The Hall–Kier alpha value is -6.03. The molecule has 1 unspecified atom stereocenters. The van der Waals surface area contributed by atoms with Crippen molar-refractivity contribution in [2.24, 2.45) is 10.8 Å². The van der Waals surface area contributed by atoms with Crippen molar-refractivity contribution in [3.63, 3.8) is 0 Å². The Morgan fingerprint density at radius 1 is 0.896 bits per heavy atom. The van der Waals surface area contributed by atoms with Crippen molar-refractivity contribution in [2.45, 2.75) is 102 Å². The largest absolute Gasteiger partial charge is 0.399 e. The van der Waals surface area contributed by atoms with Crippen LogP contribution in [0.2, 0.25) is 0 Å². The first-order valence-electron chi connectivity index (χ1n) is 26.1. The molecule has 77 heavy (non-hydrogen) atoms. The third-order valence-corrected chi connectivity index (χ3v) is 18.0. The van der Waals surface area contributed by atoms with Crippen molar-refractivity contribution in [1.29, 1.82) is 0 Å². The van der Waals surface area contributed by atoms with Gasteiger partial charge in [-0.1, -0.05) is 57.2 Å². The molecule has 0 aliphatic carbocycles. The van der Waals surface area contributed by atoms with E-state index >= 15 is 0 Å². The zero-order valence-electron chi connectivity index (χ0n) is 43.6. The zero-order valence-corrected chi connectivity index (χ0v) is 45.3. The van der Waals surface area contributed by atoms with Crippen molar-refractivity contribution in [3.05, 3.63) is 88.8 Å². The van der Waals surface area contributed by atoms with E-state index in [2.05, 4.69) is 32.2 Å². The number of hydrogen-bond acceptors (Lipinski definition) is 13. The van der Waals surface area contributed by atoms with Gasteiger partial charge in [-0.15, -0.1) is 11.3 Å². The highest BCUT2D eigenvalue weighted by Crippen LogP contribution is 2.59. The van der Waals surface area contributed by atoms with Crippen LogP contribution in [0.5, 0.6) is 0 Å². The lowest BCUT2D eigenvalue weighted by molar-refractivity contribution is -0.156. The van der Waals surface area contributed by atoms with Gasteiger partial charge in [0.2, 0.25) is 29.5 Å². The summed E-state index contributed by atoms with van der Waals surface area (Å²) in [5, 5.41) is 11.9. The standard InChI is InChI=1S/C54H67F2N8O11PS/c1-52(2,3)47(60-49(68)43-29-34-28-35(10-14-42(34)77-43)54(55,56)76(71,72)73)51(70)64-21-16-40(46(64)50(69)63-26-27-74-41(31-63)33-8-6-5-7-9-33)75-32-45(66)62-24-19-53(20-25-62)17-22-61(23-18-53)36-11-12-37(39(30-36)57-4)58-38-13-15-44(65)59-48(38)67/h5-12,14,28-30,38,40-41,46-47,57-58H,13,15-27,31-32H2,1-4H3,(H,60,68)(H,59,65,67)(H2,71,72,73)/t38?,40-,41+,46+,47-/m1/s1. The molecule has 0 radical (unpaired) electrons. The number of ether oxygens (including phenoxy) is 2. The van der Waals surface area contributed by atoms with E-state index in [0.29, 0.717) is 24.2 Å². The number of nitrogens with one attached hydrogen (secondary N) is 4. The van der Waals surface area contributed by atoms with Gasteiger partial charge in [0.15, 0.2) is 0 Å². The maximum absolute atomic E-state index is 15.0. The Morgan fingerprint density at radius 2 is 1.61 bits per heavy atom. The van der Waals surface area contributed by atoms with E-state index in [4.69, 9.17) is 9.47 Å². The Labute approximate surface area is 449 Å². The third kappa shape index (κ3) is 12.0. The van der Waals surface area contributed by atoms with Gasteiger partial charge in [-0.05, 0) is 96.7 Å². The average molecular weight is 1110 g/mol. The fourth-order valence-corrected chi connectivity index (χ4v) is 12.7. The number of alkyl halides is 2. The third-order valence-electron chi connectivity index (χ3n) is 15.9. The van der Waals surface area contributed by atoms with Crippen molar-refractivity contribution >= 4 is 81.5 Å². The molecule has 3 aromatic carbocycles. The van der Waals surface area contributed by atoms with Crippen molar-refractivity contribution < 1.29 is 61.4 Å². The number of amides is 6. The lowest BCUT2D eigenvalue weighted by Gasteiger charge is -2.47. The zero-order chi connectivity index (χ0) is 55.0. The van der Waals surface area contributed by atoms with Crippen LogP contribution >= 0.6 is 18.9 Å². The number of imide groups is 1. The molecule has 4 aromatic rings. The monoisotopic (exact) mass is 1100 g/mol. The fraction of sp³-hybridized carbons (Fsp3) is 0.519. The molecule has 5 aliphatic rings. The van der Waals surface area contributed by atoms with E-state index in [0.717, 1.165) is 84.9 Å². The quantitative estimate of drug-likeness (QED) is 0.0625. The van der Waals surface area contributed by atoms with Crippen LogP contribution in [-0.4, -0.2) is 150 Å². The molecule has 5 atom stereocenters. The van der Waals surface area contributed by atoms with Crippen molar-refractivity contribution in [2.75, 3.05) is 81.6 Å². The molecule has 1 aromatic heterocycles. The summed E-state index contributed by atoms with van der Waals surface area (Å²) in [5.74, 6) is -2.42. The Balaban J connectivity index is 0.850. The molecule has 0 saturated carbocycles. The molecule has 5 saturated heterocycles. The maximum atomic E-state index is 15.0. The number of likely N-dealkylation sites (tertiary alicyclic amines) is 2. The minimum absolute atomic E-state index is 0.0651. The normalized spacial score (nSPS) is 22.7. The average Bonchev–Trinajstić information content (AvgIpc) is 4.07. The predicted molar refractivity (Wildman–Crippen MR) is 286 cm³/mol. The van der Waals surface area contributed by atoms with Gasteiger partial charge < -0.3 is 54.8 Å². The number of halogens is 2. The molecule has 6 N–H and O–H groups in total. The van der Waals surface area contributed by atoms with E-state index in [9.17, 15) is 51.9 Å². The van der Waals surface area contributed by atoms with Crippen LogP contribution in [0.4, 0.5) is 25.8 Å². The molecule has 9 rings (SSSR count). The van der Waals surface area contributed by atoms with Gasteiger partial charge in [-0.3, -0.25) is 38.6 Å². The second kappa shape index (κ2) is 22.4. The van der Waals surface area contributed by atoms with Crippen LogP contribution < -0.4 is 26.2 Å². The minimum Gasteiger partial charge on any atom is -0.386 e. The van der Waals surface area contributed by atoms with Gasteiger partial charge in [0.1, 0.15) is 30.8 Å². The summed E-state index contributed by atoms with van der Waals surface area (Å²) < 4.78 is 53.8. The fourth-order valence-electron chi connectivity index (χ4n) is 11.2. The highest BCUT2D eigenvalue weighted by Gasteiger charge is 2.51. The van der Waals surface area contributed by atoms with Gasteiger partial charge in [-0.25, -0.2) is 0 Å². The molecule has 6 amide bonds. The summed E-state index contributed by atoms with van der Waals surface area (Å²) in [6, 6.07) is 17.1. The summed E-state index contributed by atoms with van der Waals surface area (Å²) in [7, 11) is -4.02. The maximum Gasteiger partial charge on any atom is 0.399 e. The Bertz CT molecular complexity index is 2940. The lowest BCUT2D eigenvalue weighted by Crippen LogP contribution is -2.60. The molecule has 1 spiro atoms. The van der Waals surface area contributed by atoms with Gasteiger partial charge >= 0.3 is 13.3 Å². The number of carbonyl (C=O) groups excluding carboxylic acids is 6. The Morgan fingerprint density at radius 3 is 2.29 bits per heavy atom. The number of carbonyl (C=O) groups is 6. The Kier molecular flexibility index (Phi) is 16.2. The van der Waals surface area contributed by atoms with E-state index < -0.39 is 66.4 Å². The summed E-state index contributed by atoms with van der Waals surface area (Å²) in [6.07, 6.45) is 3.20. The van der Waals surface area contributed by atoms with Crippen molar-refractivity contribution in [1.82, 2.24) is 25.3 Å². The van der Waals surface area contributed by atoms with E-state index in [1.807, 2.05) is 54.4 Å². The smallest absolute Gasteiger partial charge is 0.386 e. The van der Waals surface area contributed by atoms with Crippen LogP contribution in [-0.2, 0) is 43.7 Å². The number of morpholine rings is 1. The molecule has 6 heterocycles. The molecule has 414 valence electrons. The second-order valence-corrected chi connectivity index (χ2v) is 24.6. The van der Waals surface area contributed by atoms with Crippen LogP contribution in [0.25, 0.3) is 10.1 Å². The van der Waals surface area contributed by atoms with Crippen LogP contribution in [0.15, 0.2) is 72.8 Å². The van der Waals surface area contributed by atoms with Gasteiger partial charge in [-0.2, -0.15) is 8.78 Å². The van der Waals surface area contributed by atoms with Crippen LogP contribution in [0.1, 0.15) is 92.6 Å².